The van der Waals surface area contributed by atoms with Crippen LogP contribution in [-0.2, 0) is 16.1 Å². The summed E-state index contributed by atoms with van der Waals surface area (Å²) in [5.74, 6) is -1.28. The fourth-order valence-corrected chi connectivity index (χ4v) is 1.81. The second kappa shape index (κ2) is 8.24. The molecular weight excluding hydrogens is 332 g/mol. The molecule has 0 fully saturated rings. The molecule has 0 aliphatic heterocycles. The predicted molar refractivity (Wildman–Crippen MR) is 85.9 cm³/mol. The van der Waals surface area contributed by atoms with Gasteiger partial charge in [-0.1, -0.05) is 0 Å². The van der Waals surface area contributed by atoms with Gasteiger partial charge in [0.1, 0.15) is 5.76 Å². The zero-order valence-electron chi connectivity index (χ0n) is 13.1. The van der Waals surface area contributed by atoms with Crippen LogP contribution in [0.1, 0.15) is 11.3 Å². The molecule has 0 spiro atoms. The van der Waals surface area contributed by atoms with Gasteiger partial charge in [-0.15, -0.1) is 0 Å². The molecule has 1 heterocycles. The van der Waals surface area contributed by atoms with E-state index in [4.69, 9.17) is 9.15 Å². The maximum atomic E-state index is 11.6. The number of hydrogen-bond acceptors (Lipinski definition) is 7. The number of hydrogen-bond donors (Lipinski definition) is 2. The van der Waals surface area contributed by atoms with E-state index >= 15 is 0 Å². The zero-order valence-corrected chi connectivity index (χ0v) is 13.1. The maximum absolute atomic E-state index is 11.6. The van der Waals surface area contributed by atoms with Crippen LogP contribution in [0.4, 0.5) is 5.69 Å². The van der Waals surface area contributed by atoms with Crippen LogP contribution < -0.4 is 15.5 Å². The molecule has 10 heteroatoms. The van der Waals surface area contributed by atoms with Gasteiger partial charge in [0.05, 0.1) is 31.1 Å². The number of hydrazone groups is 1. The Morgan fingerprint density at radius 2 is 2.16 bits per heavy atom. The van der Waals surface area contributed by atoms with Crippen molar-refractivity contribution in [1.82, 2.24) is 10.7 Å². The van der Waals surface area contributed by atoms with Gasteiger partial charge < -0.3 is 14.5 Å². The maximum Gasteiger partial charge on any atom is 0.329 e. The number of carbonyl (C=O) groups excluding carboxylic acids is 2. The molecule has 2 amide bonds. The van der Waals surface area contributed by atoms with Gasteiger partial charge in [0.15, 0.2) is 5.75 Å². The van der Waals surface area contributed by atoms with E-state index in [0.717, 1.165) is 0 Å². The Kier molecular flexibility index (Phi) is 5.82. The first-order chi connectivity index (χ1) is 12.0. The van der Waals surface area contributed by atoms with Crippen LogP contribution in [0.2, 0.25) is 0 Å². The summed E-state index contributed by atoms with van der Waals surface area (Å²) in [6.07, 6.45) is 2.62. The first-order valence-electron chi connectivity index (χ1n) is 6.97. The molecule has 130 valence electrons. The summed E-state index contributed by atoms with van der Waals surface area (Å²) >= 11 is 0. The van der Waals surface area contributed by atoms with Crippen LogP contribution in [0.15, 0.2) is 46.1 Å². The molecule has 0 atom stereocenters. The molecule has 0 radical (unpaired) electrons. The lowest BCUT2D eigenvalue weighted by molar-refractivity contribution is -0.385. The summed E-state index contributed by atoms with van der Waals surface area (Å²) in [6, 6.07) is 7.44. The summed E-state index contributed by atoms with van der Waals surface area (Å²) in [4.78, 5) is 33.5. The minimum Gasteiger partial charge on any atom is -0.490 e. The molecule has 10 nitrogen and oxygen atoms in total. The first-order valence-corrected chi connectivity index (χ1v) is 6.97. The van der Waals surface area contributed by atoms with Crippen LogP contribution >= 0.6 is 0 Å². The van der Waals surface area contributed by atoms with Crippen molar-refractivity contribution in [3.63, 3.8) is 0 Å². The summed E-state index contributed by atoms with van der Waals surface area (Å²) in [5, 5.41) is 16.9. The van der Waals surface area contributed by atoms with Crippen molar-refractivity contribution in [3.05, 3.63) is 58.0 Å². The topological polar surface area (TPSA) is 136 Å². The molecule has 0 saturated carbocycles. The van der Waals surface area contributed by atoms with Gasteiger partial charge >= 0.3 is 17.5 Å². The summed E-state index contributed by atoms with van der Waals surface area (Å²) in [5.41, 5.74) is 2.13. The van der Waals surface area contributed by atoms with Crippen molar-refractivity contribution in [3.8, 4) is 5.75 Å². The normalized spacial score (nSPS) is 10.4. The quantitative estimate of drug-likeness (QED) is 0.346. The molecule has 25 heavy (non-hydrogen) atoms. The molecule has 0 unspecified atom stereocenters. The number of amides is 2. The van der Waals surface area contributed by atoms with Gasteiger partial charge in [-0.25, -0.2) is 5.43 Å². The molecule has 2 N–H and O–H groups in total. The number of nitro benzene ring substituents is 1. The van der Waals surface area contributed by atoms with Crippen molar-refractivity contribution in [2.75, 3.05) is 7.11 Å². The molecular formula is C15H14N4O6. The van der Waals surface area contributed by atoms with E-state index in [2.05, 4.69) is 10.4 Å². The Bertz CT molecular complexity index is 800. The zero-order chi connectivity index (χ0) is 18.2. The number of ether oxygens (including phenoxy) is 1. The minimum absolute atomic E-state index is 0.0631. The largest absolute Gasteiger partial charge is 0.490 e. The molecule has 2 rings (SSSR count). The van der Waals surface area contributed by atoms with Crippen LogP contribution in [0.3, 0.4) is 0 Å². The lowest BCUT2D eigenvalue weighted by atomic mass is 10.2. The average molecular weight is 346 g/mol. The fraction of sp³-hybridized carbons (Fsp3) is 0.133. The molecule has 0 bridgehead atoms. The van der Waals surface area contributed by atoms with Gasteiger partial charge in [-0.05, 0) is 24.3 Å². The second-order valence-electron chi connectivity index (χ2n) is 4.65. The van der Waals surface area contributed by atoms with Crippen molar-refractivity contribution in [2.45, 2.75) is 6.54 Å². The lowest BCUT2D eigenvalue weighted by Gasteiger charge is -2.03. The Labute approximate surface area is 141 Å². The number of carbonyl (C=O) groups is 2. The molecule has 1 aromatic carbocycles. The van der Waals surface area contributed by atoms with Crippen LogP contribution in [0, 0.1) is 10.1 Å². The van der Waals surface area contributed by atoms with Crippen molar-refractivity contribution < 1.29 is 23.7 Å². The van der Waals surface area contributed by atoms with E-state index in [-0.39, 0.29) is 18.0 Å². The number of rotatable bonds is 6. The molecule has 1 aromatic heterocycles. The Balaban J connectivity index is 1.91. The SMILES string of the molecule is COc1ccc(C=NNC(=O)C(=O)NCc2ccco2)cc1[N+](=O)[O-]. The number of nitrogens with zero attached hydrogens (tertiary/aromatic N) is 2. The Morgan fingerprint density at radius 3 is 2.80 bits per heavy atom. The summed E-state index contributed by atoms with van der Waals surface area (Å²) < 4.78 is 9.89. The van der Waals surface area contributed by atoms with Gasteiger partial charge in [0, 0.05) is 11.6 Å². The van der Waals surface area contributed by atoms with E-state index in [0.29, 0.717) is 11.3 Å². The highest BCUT2D eigenvalue weighted by Gasteiger charge is 2.15. The first kappa shape index (κ1) is 17.7. The molecule has 0 saturated heterocycles. The van der Waals surface area contributed by atoms with Gasteiger partial charge in [0.2, 0.25) is 0 Å². The minimum atomic E-state index is -0.981. The molecule has 2 aromatic rings. The number of benzene rings is 1. The second-order valence-corrected chi connectivity index (χ2v) is 4.65. The predicted octanol–water partition coefficient (Wildman–Crippen LogP) is 0.963. The highest BCUT2D eigenvalue weighted by molar-refractivity contribution is 6.35. The third-order valence-electron chi connectivity index (χ3n) is 2.99. The third-order valence-corrected chi connectivity index (χ3v) is 2.99. The highest BCUT2D eigenvalue weighted by Crippen LogP contribution is 2.26. The number of nitrogens with one attached hydrogen (secondary N) is 2. The van der Waals surface area contributed by atoms with E-state index in [1.807, 2.05) is 5.43 Å². The van der Waals surface area contributed by atoms with Crippen LogP contribution in [-0.4, -0.2) is 30.1 Å². The molecule has 0 aliphatic carbocycles. The number of methoxy groups -OCH3 is 1. The van der Waals surface area contributed by atoms with Gasteiger partial charge in [-0.3, -0.25) is 19.7 Å². The van der Waals surface area contributed by atoms with E-state index < -0.39 is 16.7 Å². The van der Waals surface area contributed by atoms with Gasteiger partial charge in [0.25, 0.3) is 0 Å². The van der Waals surface area contributed by atoms with E-state index in [1.54, 1.807) is 12.1 Å². The lowest BCUT2D eigenvalue weighted by Crippen LogP contribution is -2.37. The van der Waals surface area contributed by atoms with Crippen molar-refractivity contribution in [2.24, 2.45) is 5.10 Å². The fourth-order valence-electron chi connectivity index (χ4n) is 1.81. The van der Waals surface area contributed by atoms with Crippen LogP contribution in [0.5, 0.6) is 5.75 Å². The van der Waals surface area contributed by atoms with E-state index in [9.17, 15) is 19.7 Å². The highest BCUT2D eigenvalue weighted by atomic mass is 16.6. The molecule has 0 aliphatic rings. The smallest absolute Gasteiger partial charge is 0.329 e. The van der Waals surface area contributed by atoms with E-state index in [1.165, 1.54) is 37.8 Å². The standard InChI is InChI=1S/C15H14N4O6/c1-24-13-5-4-10(7-12(13)19(22)23)8-17-18-15(21)14(20)16-9-11-3-2-6-25-11/h2-8H,9H2,1H3,(H,16,20)(H,18,21). The summed E-state index contributed by atoms with van der Waals surface area (Å²) in [6.45, 7) is 0.0631. The van der Waals surface area contributed by atoms with Crippen molar-refractivity contribution >= 4 is 23.7 Å². The van der Waals surface area contributed by atoms with Crippen molar-refractivity contribution in [1.29, 1.82) is 0 Å². The van der Waals surface area contributed by atoms with Gasteiger partial charge in [-0.2, -0.15) is 5.10 Å². The Hall–Kier alpha value is -3.69. The number of furan rings is 1. The summed E-state index contributed by atoms with van der Waals surface area (Å²) in [7, 11) is 1.32. The third kappa shape index (κ3) is 4.89. The number of nitro groups is 1. The average Bonchev–Trinajstić information content (AvgIpc) is 3.12. The monoisotopic (exact) mass is 346 g/mol. The Morgan fingerprint density at radius 1 is 1.36 bits per heavy atom. The van der Waals surface area contributed by atoms with Crippen LogP contribution in [0.25, 0.3) is 0 Å².